The van der Waals surface area contributed by atoms with Gasteiger partial charge in [-0.05, 0) is 170 Å². The highest BCUT2D eigenvalue weighted by Crippen LogP contribution is 2.33. The Morgan fingerprint density at radius 2 is 0.924 bits per heavy atom. The molecule has 12 aromatic rings. The Kier molecular flexibility index (Phi) is 20.8. The van der Waals surface area contributed by atoms with Crippen LogP contribution in [0.15, 0.2) is 196 Å². The van der Waals surface area contributed by atoms with Crippen molar-refractivity contribution in [2.45, 2.75) is 0 Å². The highest BCUT2D eigenvalue weighted by atomic mass is 79.9. The number of hydrogen-bond acceptors (Lipinski definition) is 11. The minimum atomic E-state index is -3.28. The van der Waals surface area contributed by atoms with Crippen LogP contribution in [0.25, 0.3) is 63.8 Å². The molecule has 79 heavy (non-hydrogen) atoms. The molecule has 0 spiro atoms. The maximum absolute atomic E-state index is 11.5. The molecule has 6 aromatic carbocycles. The normalized spacial score (nSPS) is 11.7. The lowest BCUT2D eigenvalue weighted by Crippen LogP contribution is -2.07. The van der Waals surface area contributed by atoms with E-state index in [0.29, 0.717) is 37.3 Å². The quantitative estimate of drug-likeness (QED) is 0.163. The number of methoxy groups -OCH3 is 1. The Morgan fingerprint density at radius 1 is 0.443 bits per heavy atom. The van der Waals surface area contributed by atoms with Crippen molar-refractivity contribution in [2.75, 3.05) is 32.1 Å². The lowest BCUT2D eigenvalue weighted by molar-refractivity contribution is 0.415. The summed E-state index contributed by atoms with van der Waals surface area (Å²) in [7, 11) is -11.4. The molecule has 0 unspecified atom stereocenters. The van der Waals surface area contributed by atoms with E-state index in [4.69, 9.17) is 16.3 Å². The first kappa shape index (κ1) is 62.8. The van der Waals surface area contributed by atoms with Gasteiger partial charge in [-0.25, -0.2) is 49.6 Å². The number of rotatable bonds is 5. The summed E-state index contributed by atoms with van der Waals surface area (Å²) in [6.07, 6.45) is 10.9. The average molecular weight is 1590 g/mol. The van der Waals surface area contributed by atoms with Crippen molar-refractivity contribution in [2.24, 2.45) is 0 Å². The third-order valence-electron chi connectivity index (χ3n) is 11.1. The molecule has 6 aromatic heterocycles. The van der Waals surface area contributed by atoms with Gasteiger partial charge < -0.3 is 4.74 Å². The fraction of sp³-hybridized carbons (Fsp3) is 0.0943. The average Bonchev–Trinajstić information content (AvgIpc) is 4.33. The predicted molar refractivity (Wildman–Crippen MR) is 350 cm³/mol. The summed E-state index contributed by atoms with van der Waals surface area (Å²) in [6.45, 7) is 0. The van der Waals surface area contributed by atoms with Gasteiger partial charge in [-0.3, -0.25) is 0 Å². The molecule has 0 aliphatic heterocycles. The van der Waals surface area contributed by atoms with E-state index >= 15 is 0 Å². The largest absolute Gasteiger partial charge is 0.497 e. The fourth-order valence-electron chi connectivity index (χ4n) is 7.61. The lowest BCUT2D eigenvalue weighted by atomic mass is 10.2. The molecular formula is C53H43Br6ClN4O9S6. The molecule has 0 aliphatic carbocycles. The van der Waals surface area contributed by atoms with E-state index in [1.54, 1.807) is 103 Å². The monoisotopic (exact) mass is 1580 g/mol. The Labute approximate surface area is 520 Å². The highest BCUT2D eigenvalue weighted by molar-refractivity contribution is 9.11. The van der Waals surface area contributed by atoms with Crippen LogP contribution in [-0.4, -0.2) is 81.7 Å². The maximum Gasteiger partial charge on any atom is 0.236 e. The molecule has 0 amide bonds. The molecule has 0 bridgehead atoms. The number of para-hydroxylation sites is 1. The number of fused-ring (bicyclic) bond motifs is 6. The topological polar surface area (TPSA) is 166 Å². The van der Waals surface area contributed by atoms with Crippen LogP contribution in [0.2, 0.25) is 5.02 Å². The van der Waals surface area contributed by atoms with Crippen molar-refractivity contribution >= 4 is 234 Å². The summed E-state index contributed by atoms with van der Waals surface area (Å²) in [5.41, 5.74) is 2.65. The SMILES string of the molecule is Brc1cc2ccccc2s1.Brc1csc2ccccc12.COc1ccc2c(c1)c(Br)cn2S(C)(=O)=O.CS(=O)(=O)n1cc(Br)c2cc(Cl)ccc21.CS(=O)(=O)n1cc(Br)c2ccccc21.CS(=O)(=O)n1ccc2cc(Br)ccc21. The molecule has 0 N–H and O–H groups in total. The molecular weight excluding hydrogens is 1540 g/mol. The number of aromatic nitrogens is 4. The van der Waals surface area contributed by atoms with E-state index in [1.165, 1.54) is 69.3 Å². The molecule has 0 atom stereocenters. The number of halogens is 7. The van der Waals surface area contributed by atoms with Gasteiger partial charge in [0.15, 0.2) is 0 Å². The molecule has 0 fully saturated rings. The van der Waals surface area contributed by atoms with Gasteiger partial charge in [0.25, 0.3) is 0 Å². The molecule has 414 valence electrons. The van der Waals surface area contributed by atoms with Gasteiger partial charge in [0, 0.05) is 93.9 Å². The van der Waals surface area contributed by atoms with Crippen LogP contribution >= 0.6 is 130 Å². The van der Waals surface area contributed by atoms with Crippen molar-refractivity contribution in [1.82, 2.24) is 15.9 Å². The first-order chi connectivity index (χ1) is 37.0. The Hall–Kier alpha value is -3.83. The van der Waals surface area contributed by atoms with Crippen molar-refractivity contribution in [3.63, 3.8) is 0 Å². The van der Waals surface area contributed by atoms with E-state index in [9.17, 15) is 33.7 Å². The molecule has 13 nitrogen and oxygen atoms in total. The van der Waals surface area contributed by atoms with Gasteiger partial charge in [0.05, 0.1) is 58.0 Å². The molecule has 12 rings (SSSR count). The zero-order valence-electron chi connectivity index (χ0n) is 41.7. The molecule has 0 saturated heterocycles. The van der Waals surface area contributed by atoms with Crippen LogP contribution in [0.1, 0.15) is 0 Å². The van der Waals surface area contributed by atoms with Gasteiger partial charge in [0.2, 0.25) is 40.1 Å². The summed E-state index contributed by atoms with van der Waals surface area (Å²) < 4.78 is 110. The zero-order valence-corrected chi connectivity index (χ0v) is 56.9. The molecule has 0 aliphatic rings. The van der Waals surface area contributed by atoms with Gasteiger partial charge in [0.1, 0.15) is 5.75 Å². The van der Waals surface area contributed by atoms with Crippen LogP contribution < -0.4 is 4.74 Å². The second-order valence-corrected chi connectivity index (χ2v) is 32.5. The number of thiophene rings is 2. The van der Waals surface area contributed by atoms with Gasteiger partial charge in [-0.1, -0.05) is 82.1 Å². The van der Waals surface area contributed by atoms with Gasteiger partial charge in [-0.15, -0.1) is 22.7 Å². The van der Waals surface area contributed by atoms with Crippen LogP contribution in [-0.2, 0) is 40.1 Å². The summed E-state index contributed by atoms with van der Waals surface area (Å²) in [5.74, 6) is 0.694. The number of benzene rings is 6. The second kappa shape index (κ2) is 26.2. The Bertz CT molecular complexity index is 4630. The minimum absolute atomic E-state index is 0.578. The summed E-state index contributed by atoms with van der Waals surface area (Å²) in [6, 6.07) is 43.8. The predicted octanol–water partition coefficient (Wildman–Crippen LogP) is 16.8. The molecule has 6 heterocycles. The summed E-state index contributed by atoms with van der Waals surface area (Å²) in [5, 5.41) is 8.73. The Morgan fingerprint density at radius 3 is 1.48 bits per heavy atom. The highest BCUT2D eigenvalue weighted by Gasteiger charge is 2.16. The first-order valence-corrected chi connectivity index (χ1v) is 36.7. The van der Waals surface area contributed by atoms with Crippen molar-refractivity contribution < 1.29 is 38.4 Å². The summed E-state index contributed by atoms with van der Waals surface area (Å²) >= 11 is 29.6. The van der Waals surface area contributed by atoms with Crippen LogP contribution in [0.5, 0.6) is 5.75 Å². The molecule has 0 radical (unpaired) electrons. The van der Waals surface area contributed by atoms with E-state index in [0.717, 1.165) is 41.2 Å². The van der Waals surface area contributed by atoms with E-state index in [2.05, 4.69) is 156 Å². The molecule has 26 heteroatoms. The second-order valence-electron chi connectivity index (χ2n) is 16.9. The first-order valence-electron chi connectivity index (χ1n) is 22.5. The Balaban J connectivity index is 0.000000138. The van der Waals surface area contributed by atoms with Crippen molar-refractivity contribution in [3.8, 4) is 5.75 Å². The number of ether oxygens (including phenoxy) is 1. The van der Waals surface area contributed by atoms with E-state index in [1.807, 2.05) is 30.3 Å². The van der Waals surface area contributed by atoms with E-state index in [-0.39, 0.29) is 0 Å². The third-order valence-corrected chi connectivity index (χ3v) is 21.4. The van der Waals surface area contributed by atoms with Gasteiger partial charge >= 0.3 is 0 Å². The lowest BCUT2D eigenvalue weighted by Gasteiger charge is -2.02. The summed E-state index contributed by atoms with van der Waals surface area (Å²) in [4.78, 5) is 0. The van der Waals surface area contributed by atoms with Crippen molar-refractivity contribution in [1.29, 1.82) is 0 Å². The zero-order chi connectivity index (χ0) is 57.8. The number of hydrogen-bond donors (Lipinski definition) is 0. The van der Waals surface area contributed by atoms with E-state index < -0.39 is 40.1 Å². The number of nitrogens with zero attached hydrogens (tertiary/aromatic N) is 4. The third kappa shape index (κ3) is 15.8. The fourth-order valence-corrected chi connectivity index (χ4v) is 16.5. The van der Waals surface area contributed by atoms with Crippen molar-refractivity contribution in [3.05, 3.63) is 201 Å². The van der Waals surface area contributed by atoms with Crippen LogP contribution in [0.4, 0.5) is 0 Å². The maximum atomic E-state index is 11.5. The minimum Gasteiger partial charge on any atom is -0.497 e. The molecule has 0 saturated carbocycles. The van der Waals surface area contributed by atoms with Crippen LogP contribution in [0.3, 0.4) is 0 Å². The smallest absolute Gasteiger partial charge is 0.236 e. The standard InChI is InChI=1S/C10H10BrNO3S.C9H7BrClNO2S.2C9H8BrNO2S.2C8H5BrS/c1-15-7-3-4-10-8(5-7)9(11)6-12(10)16(2,13)14;1-15(13,14)12-5-8(10)7-4-6(11)2-3-9(7)12;1-14(12,13)11-5-4-7-6-8(10)2-3-9(7)11;1-14(12,13)11-6-8(10)7-4-2-3-5-9(7)11;9-7-5-10-8-4-2-1-3-6(7)8;9-8-5-6-3-1-2-4-7(6)10-8/h3-6H,1-2H3;2-5H,1H3;2*2-6H,1H3;2*1-5H. The van der Waals surface area contributed by atoms with Crippen LogP contribution in [0, 0.1) is 0 Å². The van der Waals surface area contributed by atoms with Gasteiger partial charge in [-0.2, -0.15) is 0 Å².